The zero-order chi connectivity index (χ0) is 16.2. The van der Waals surface area contributed by atoms with Crippen molar-refractivity contribution in [3.63, 3.8) is 0 Å². The van der Waals surface area contributed by atoms with Crippen LogP contribution in [-0.2, 0) is 17.8 Å². The number of carbonyl (C=O) groups is 1. The van der Waals surface area contributed by atoms with Crippen LogP contribution in [0.4, 0.5) is 5.95 Å². The number of aryl methyl sites for hydroxylation is 1. The number of fused-ring (bicyclic) bond motifs is 1. The number of carbonyl (C=O) groups excluding carboxylic acids is 1. The van der Waals surface area contributed by atoms with Crippen LogP contribution in [0.25, 0.3) is 11.0 Å². The molecule has 1 amide bonds. The third-order valence-corrected chi connectivity index (χ3v) is 3.75. The number of amides is 1. The van der Waals surface area contributed by atoms with E-state index >= 15 is 0 Å². The van der Waals surface area contributed by atoms with Crippen LogP contribution in [0.5, 0.6) is 5.75 Å². The Morgan fingerprint density at radius 1 is 1.17 bits per heavy atom. The van der Waals surface area contributed by atoms with Gasteiger partial charge in [0.25, 0.3) is 0 Å². The average molecular weight is 309 g/mol. The van der Waals surface area contributed by atoms with E-state index < -0.39 is 0 Å². The Balaban J connectivity index is 1.77. The Morgan fingerprint density at radius 2 is 1.91 bits per heavy atom. The lowest BCUT2D eigenvalue weighted by Gasteiger charge is -2.08. The van der Waals surface area contributed by atoms with Crippen LogP contribution in [0.3, 0.4) is 0 Å². The summed E-state index contributed by atoms with van der Waals surface area (Å²) in [6.45, 7) is 2.78. The monoisotopic (exact) mass is 309 g/mol. The number of benzene rings is 2. The predicted molar refractivity (Wildman–Crippen MR) is 90.7 cm³/mol. The van der Waals surface area contributed by atoms with Crippen molar-refractivity contribution >= 4 is 22.9 Å². The summed E-state index contributed by atoms with van der Waals surface area (Å²) in [5.41, 5.74) is 2.84. The molecule has 0 aliphatic heterocycles. The SMILES string of the molecule is CCn1c(NC(=O)Cc2ccc(OC)cc2)nc2ccccc21. The van der Waals surface area contributed by atoms with Gasteiger partial charge in [-0.2, -0.15) is 0 Å². The summed E-state index contributed by atoms with van der Waals surface area (Å²) in [7, 11) is 1.62. The van der Waals surface area contributed by atoms with Gasteiger partial charge in [-0.3, -0.25) is 10.1 Å². The molecule has 3 aromatic rings. The van der Waals surface area contributed by atoms with E-state index in [2.05, 4.69) is 10.3 Å². The first-order valence-corrected chi connectivity index (χ1v) is 7.59. The highest BCUT2D eigenvalue weighted by Gasteiger charge is 2.12. The summed E-state index contributed by atoms with van der Waals surface area (Å²) in [5.74, 6) is 1.29. The fraction of sp³-hybridized carbons (Fsp3) is 0.222. The summed E-state index contributed by atoms with van der Waals surface area (Å²) >= 11 is 0. The fourth-order valence-corrected chi connectivity index (χ4v) is 2.59. The molecular weight excluding hydrogens is 290 g/mol. The Hall–Kier alpha value is -2.82. The first-order valence-electron chi connectivity index (χ1n) is 7.59. The summed E-state index contributed by atoms with van der Waals surface area (Å²) in [4.78, 5) is 16.8. The van der Waals surface area contributed by atoms with E-state index in [-0.39, 0.29) is 5.91 Å². The Morgan fingerprint density at radius 3 is 2.61 bits per heavy atom. The van der Waals surface area contributed by atoms with Crippen molar-refractivity contribution in [2.45, 2.75) is 19.9 Å². The first kappa shape index (κ1) is 15.1. The molecule has 0 radical (unpaired) electrons. The molecule has 0 fully saturated rings. The van der Waals surface area contributed by atoms with Crippen LogP contribution < -0.4 is 10.1 Å². The number of para-hydroxylation sites is 2. The van der Waals surface area contributed by atoms with E-state index in [0.717, 1.165) is 28.9 Å². The van der Waals surface area contributed by atoms with Gasteiger partial charge in [0.2, 0.25) is 11.9 Å². The van der Waals surface area contributed by atoms with Crippen LogP contribution in [0, 0.1) is 0 Å². The van der Waals surface area contributed by atoms with Gasteiger partial charge < -0.3 is 9.30 Å². The van der Waals surface area contributed by atoms with Crippen LogP contribution in [0.15, 0.2) is 48.5 Å². The molecule has 0 saturated heterocycles. The van der Waals surface area contributed by atoms with Crippen molar-refractivity contribution in [2.75, 3.05) is 12.4 Å². The minimum atomic E-state index is -0.0832. The number of methoxy groups -OCH3 is 1. The molecule has 1 aromatic heterocycles. The van der Waals surface area contributed by atoms with Crippen molar-refractivity contribution in [1.82, 2.24) is 9.55 Å². The lowest BCUT2D eigenvalue weighted by Crippen LogP contribution is -2.17. The predicted octanol–water partition coefficient (Wildman–Crippen LogP) is 3.25. The van der Waals surface area contributed by atoms with Crippen molar-refractivity contribution in [3.05, 3.63) is 54.1 Å². The normalized spacial score (nSPS) is 10.7. The zero-order valence-electron chi connectivity index (χ0n) is 13.2. The molecule has 1 N–H and O–H groups in total. The topological polar surface area (TPSA) is 56.2 Å². The molecule has 0 saturated carbocycles. The largest absolute Gasteiger partial charge is 0.497 e. The second kappa shape index (κ2) is 6.52. The molecule has 0 unspecified atom stereocenters. The Labute approximate surface area is 134 Å². The number of aromatic nitrogens is 2. The number of nitrogens with zero attached hydrogens (tertiary/aromatic N) is 2. The maximum Gasteiger partial charge on any atom is 0.231 e. The Kier molecular flexibility index (Phi) is 4.28. The minimum Gasteiger partial charge on any atom is -0.497 e. The summed E-state index contributed by atoms with van der Waals surface area (Å²) in [5, 5.41) is 2.91. The summed E-state index contributed by atoms with van der Waals surface area (Å²) < 4.78 is 7.12. The molecule has 2 aromatic carbocycles. The number of imidazole rings is 1. The van der Waals surface area contributed by atoms with E-state index in [1.165, 1.54) is 0 Å². The number of ether oxygens (including phenoxy) is 1. The number of hydrogen-bond donors (Lipinski definition) is 1. The van der Waals surface area contributed by atoms with Gasteiger partial charge in [0.15, 0.2) is 0 Å². The number of hydrogen-bond acceptors (Lipinski definition) is 3. The quantitative estimate of drug-likeness (QED) is 0.787. The molecular formula is C18H19N3O2. The zero-order valence-corrected chi connectivity index (χ0v) is 13.2. The molecule has 0 spiro atoms. The minimum absolute atomic E-state index is 0.0832. The lowest BCUT2D eigenvalue weighted by molar-refractivity contribution is -0.115. The van der Waals surface area contributed by atoms with Gasteiger partial charge in [-0.15, -0.1) is 0 Å². The number of nitrogens with one attached hydrogen (secondary N) is 1. The highest BCUT2D eigenvalue weighted by Crippen LogP contribution is 2.19. The standard InChI is InChI=1S/C18H19N3O2/c1-3-21-16-7-5-4-6-15(16)19-18(21)20-17(22)12-13-8-10-14(23-2)11-9-13/h4-11H,3,12H2,1-2H3,(H,19,20,22). The number of anilines is 1. The van der Waals surface area contributed by atoms with Crippen molar-refractivity contribution in [3.8, 4) is 5.75 Å². The first-order chi connectivity index (χ1) is 11.2. The van der Waals surface area contributed by atoms with E-state index in [1.54, 1.807) is 7.11 Å². The molecule has 5 nitrogen and oxygen atoms in total. The fourth-order valence-electron chi connectivity index (χ4n) is 2.59. The van der Waals surface area contributed by atoms with Gasteiger partial charge >= 0.3 is 0 Å². The third kappa shape index (κ3) is 3.18. The van der Waals surface area contributed by atoms with Crippen LogP contribution in [-0.4, -0.2) is 22.6 Å². The van der Waals surface area contributed by atoms with E-state index in [0.29, 0.717) is 12.4 Å². The summed E-state index contributed by atoms with van der Waals surface area (Å²) in [6, 6.07) is 15.3. The summed E-state index contributed by atoms with van der Waals surface area (Å²) in [6.07, 6.45) is 0.302. The molecule has 5 heteroatoms. The molecule has 0 bridgehead atoms. The van der Waals surface area contributed by atoms with E-state index in [4.69, 9.17) is 4.74 Å². The van der Waals surface area contributed by atoms with Crippen molar-refractivity contribution in [1.29, 1.82) is 0 Å². The molecule has 3 rings (SSSR count). The average Bonchev–Trinajstić information content (AvgIpc) is 2.92. The van der Waals surface area contributed by atoms with Gasteiger partial charge in [-0.1, -0.05) is 24.3 Å². The second-order valence-corrected chi connectivity index (χ2v) is 5.24. The maximum atomic E-state index is 12.3. The molecule has 0 aliphatic carbocycles. The van der Waals surface area contributed by atoms with Gasteiger partial charge in [-0.05, 0) is 36.8 Å². The van der Waals surface area contributed by atoms with Gasteiger partial charge in [0.05, 0.1) is 24.6 Å². The second-order valence-electron chi connectivity index (χ2n) is 5.24. The van der Waals surface area contributed by atoms with Gasteiger partial charge in [0.1, 0.15) is 5.75 Å². The lowest BCUT2D eigenvalue weighted by atomic mass is 10.1. The highest BCUT2D eigenvalue weighted by molar-refractivity contribution is 5.92. The van der Waals surface area contributed by atoms with Crippen LogP contribution >= 0.6 is 0 Å². The van der Waals surface area contributed by atoms with E-state index in [9.17, 15) is 4.79 Å². The Bertz CT molecular complexity index is 822. The molecule has 118 valence electrons. The molecule has 0 aliphatic rings. The maximum absolute atomic E-state index is 12.3. The van der Waals surface area contributed by atoms with Gasteiger partial charge in [-0.25, -0.2) is 4.98 Å². The van der Waals surface area contributed by atoms with Crippen molar-refractivity contribution < 1.29 is 9.53 Å². The van der Waals surface area contributed by atoms with E-state index in [1.807, 2.05) is 60.0 Å². The molecule has 1 heterocycles. The third-order valence-electron chi connectivity index (χ3n) is 3.75. The number of rotatable bonds is 5. The van der Waals surface area contributed by atoms with Gasteiger partial charge in [0, 0.05) is 6.54 Å². The molecule has 23 heavy (non-hydrogen) atoms. The van der Waals surface area contributed by atoms with Crippen molar-refractivity contribution in [2.24, 2.45) is 0 Å². The van der Waals surface area contributed by atoms with Crippen LogP contribution in [0.1, 0.15) is 12.5 Å². The van der Waals surface area contributed by atoms with Crippen LogP contribution in [0.2, 0.25) is 0 Å². The highest BCUT2D eigenvalue weighted by atomic mass is 16.5. The molecule has 0 atom stereocenters. The smallest absolute Gasteiger partial charge is 0.231 e.